The lowest BCUT2D eigenvalue weighted by molar-refractivity contribution is 0.0991. The average molecular weight is 363 g/mol. The van der Waals surface area contributed by atoms with Gasteiger partial charge in [0.2, 0.25) is 0 Å². The first-order valence-corrected chi connectivity index (χ1v) is 7.54. The van der Waals surface area contributed by atoms with E-state index >= 15 is 0 Å². The Morgan fingerprint density at radius 3 is 2.46 bits per heavy atom. The number of alkyl halides is 1. The van der Waals surface area contributed by atoms with Gasteiger partial charge in [0, 0.05) is 12.6 Å². The van der Waals surface area contributed by atoms with Crippen LogP contribution >= 0.6 is 0 Å². The Hall–Kier alpha value is -3.16. The van der Waals surface area contributed by atoms with Gasteiger partial charge in [-0.15, -0.1) is 0 Å². The Bertz CT molecular complexity index is 948. The molecule has 1 amide bonds. The molecule has 3 aromatic rings. The van der Waals surface area contributed by atoms with Crippen LogP contribution in [0.1, 0.15) is 16.1 Å². The third kappa shape index (κ3) is 3.05. The first-order chi connectivity index (χ1) is 12.4. The van der Waals surface area contributed by atoms with Gasteiger partial charge in [0.15, 0.2) is 17.5 Å². The number of rotatable bonds is 4. The van der Waals surface area contributed by atoms with Gasteiger partial charge in [-0.3, -0.25) is 9.89 Å². The maximum Gasteiger partial charge on any atom is 0.261 e. The molecule has 8 heteroatoms. The number of halogens is 4. The summed E-state index contributed by atoms with van der Waals surface area (Å²) in [4.78, 5) is 13.9. The van der Waals surface area contributed by atoms with Gasteiger partial charge in [0.1, 0.15) is 6.67 Å². The highest BCUT2D eigenvalue weighted by Gasteiger charge is 2.22. The van der Waals surface area contributed by atoms with E-state index in [2.05, 4.69) is 10.2 Å². The number of aromatic amines is 1. The van der Waals surface area contributed by atoms with Crippen LogP contribution < -0.4 is 4.90 Å². The third-order valence-electron chi connectivity index (χ3n) is 3.95. The molecule has 0 unspecified atom stereocenters. The number of nitrogens with zero attached hydrogens (tertiary/aromatic N) is 2. The fourth-order valence-electron chi connectivity index (χ4n) is 2.61. The fraction of sp³-hybridized carbons (Fsp3) is 0.111. The van der Waals surface area contributed by atoms with Crippen LogP contribution in [0.3, 0.4) is 0 Å². The monoisotopic (exact) mass is 363 g/mol. The van der Waals surface area contributed by atoms with E-state index in [1.807, 2.05) is 0 Å². The number of aromatic nitrogens is 2. The summed E-state index contributed by atoms with van der Waals surface area (Å²) in [7, 11) is 1.44. The largest absolute Gasteiger partial charge is 0.311 e. The summed E-state index contributed by atoms with van der Waals surface area (Å²) in [5.41, 5.74) is 0.759. The number of amides is 1. The molecule has 0 saturated heterocycles. The summed E-state index contributed by atoms with van der Waals surface area (Å²) >= 11 is 0. The fourth-order valence-corrected chi connectivity index (χ4v) is 2.61. The highest BCUT2D eigenvalue weighted by atomic mass is 19.2. The minimum absolute atomic E-state index is 0.0261. The highest BCUT2D eigenvalue weighted by molar-refractivity contribution is 6.08. The summed E-state index contributed by atoms with van der Waals surface area (Å²) in [6.45, 7) is -0.898. The van der Waals surface area contributed by atoms with E-state index in [-0.39, 0.29) is 16.8 Å². The Morgan fingerprint density at radius 1 is 1.15 bits per heavy atom. The minimum atomic E-state index is -1.57. The van der Waals surface area contributed by atoms with Gasteiger partial charge < -0.3 is 4.90 Å². The lowest BCUT2D eigenvalue weighted by atomic mass is 10.0. The standard InChI is InChI=1S/C18H13F4N3O/c1-25(18(26)12-9-23-24-15(12)8-19)16-5-3-2-4-11(16)10-6-13(20)17(22)14(21)7-10/h2-7,9H,8H2,1H3,(H,23,24). The van der Waals surface area contributed by atoms with Gasteiger partial charge >= 0.3 is 0 Å². The molecule has 0 bridgehead atoms. The molecule has 1 N–H and O–H groups in total. The van der Waals surface area contributed by atoms with Gasteiger partial charge in [-0.05, 0) is 23.8 Å². The maximum absolute atomic E-state index is 13.6. The Labute approximate surface area is 146 Å². The molecule has 0 spiro atoms. The predicted octanol–water partition coefficient (Wildman–Crippen LogP) is 4.24. The van der Waals surface area contributed by atoms with E-state index in [0.29, 0.717) is 11.3 Å². The number of H-pyrrole nitrogens is 1. The molecule has 134 valence electrons. The summed E-state index contributed by atoms with van der Waals surface area (Å²) in [6, 6.07) is 8.03. The van der Waals surface area contributed by atoms with Crippen molar-refractivity contribution in [2.75, 3.05) is 11.9 Å². The molecule has 26 heavy (non-hydrogen) atoms. The zero-order chi connectivity index (χ0) is 18.8. The predicted molar refractivity (Wildman–Crippen MR) is 87.9 cm³/mol. The normalized spacial score (nSPS) is 10.8. The van der Waals surface area contributed by atoms with Crippen molar-refractivity contribution >= 4 is 11.6 Å². The molecule has 0 radical (unpaired) electrons. The number of anilines is 1. The maximum atomic E-state index is 13.6. The zero-order valence-corrected chi connectivity index (χ0v) is 13.6. The Kier molecular flexibility index (Phi) is 4.75. The molecule has 1 aromatic heterocycles. The number of hydrogen-bond donors (Lipinski definition) is 1. The summed E-state index contributed by atoms with van der Waals surface area (Å²) in [5, 5.41) is 6.05. The molecule has 0 aliphatic rings. The molecule has 1 heterocycles. The summed E-state index contributed by atoms with van der Waals surface area (Å²) in [6.07, 6.45) is 1.20. The van der Waals surface area contributed by atoms with Gasteiger partial charge in [-0.1, -0.05) is 18.2 Å². The number of benzene rings is 2. The second kappa shape index (κ2) is 6.99. The molecule has 0 atom stereocenters. The summed E-state index contributed by atoms with van der Waals surface area (Å²) in [5.74, 6) is -4.79. The summed E-state index contributed by atoms with van der Waals surface area (Å²) < 4.78 is 53.4. The van der Waals surface area contributed by atoms with Crippen molar-refractivity contribution in [3.8, 4) is 11.1 Å². The second-order valence-electron chi connectivity index (χ2n) is 5.53. The molecule has 3 rings (SSSR count). The molecule has 0 aliphatic carbocycles. The van der Waals surface area contributed by atoms with E-state index in [0.717, 1.165) is 12.1 Å². The van der Waals surface area contributed by atoms with E-state index in [4.69, 9.17) is 0 Å². The topological polar surface area (TPSA) is 49.0 Å². The van der Waals surface area contributed by atoms with Crippen LogP contribution in [0, 0.1) is 17.5 Å². The van der Waals surface area contributed by atoms with Crippen molar-refractivity contribution in [1.82, 2.24) is 10.2 Å². The van der Waals surface area contributed by atoms with Gasteiger partial charge in [-0.2, -0.15) is 5.10 Å². The number of carbonyl (C=O) groups excluding carboxylic acids is 1. The van der Waals surface area contributed by atoms with E-state index in [1.165, 1.54) is 24.2 Å². The van der Waals surface area contributed by atoms with Crippen molar-refractivity contribution in [2.24, 2.45) is 0 Å². The van der Waals surface area contributed by atoms with Gasteiger partial charge in [0.25, 0.3) is 5.91 Å². The molecule has 4 nitrogen and oxygen atoms in total. The number of nitrogens with one attached hydrogen (secondary N) is 1. The molecular weight excluding hydrogens is 350 g/mol. The van der Waals surface area contributed by atoms with Crippen molar-refractivity contribution in [1.29, 1.82) is 0 Å². The lowest BCUT2D eigenvalue weighted by Crippen LogP contribution is -2.27. The highest BCUT2D eigenvalue weighted by Crippen LogP contribution is 2.32. The zero-order valence-electron chi connectivity index (χ0n) is 13.6. The number of para-hydroxylation sites is 1. The third-order valence-corrected chi connectivity index (χ3v) is 3.95. The van der Waals surface area contributed by atoms with Gasteiger partial charge in [-0.25, -0.2) is 17.6 Å². The molecule has 0 fully saturated rings. The average Bonchev–Trinajstić information content (AvgIpc) is 3.13. The van der Waals surface area contributed by atoms with E-state index in [1.54, 1.807) is 18.2 Å². The second-order valence-corrected chi connectivity index (χ2v) is 5.53. The molecule has 0 aliphatic heterocycles. The van der Waals surface area contributed by atoms with Crippen LogP contribution in [0.5, 0.6) is 0 Å². The van der Waals surface area contributed by atoms with Gasteiger partial charge in [0.05, 0.1) is 23.1 Å². The first kappa shape index (κ1) is 17.7. The van der Waals surface area contributed by atoms with Crippen molar-refractivity contribution < 1.29 is 22.4 Å². The Morgan fingerprint density at radius 2 is 1.81 bits per heavy atom. The molecular formula is C18H13F4N3O. The lowest BCUT2D eigenvalue weighted by Gasteiger charge is -2.21. The van der Waals surface area contributed by atoms with Crippen molar-refractivity contribution in [3.05, 3.63) is 71.3 Å². The molecule has 0 saturated carbocycles. The Balaban J connectivity index is 2.06. The van der Waals surface area contributed by atoms with Crippen LogP contribution in [0.25, 0.3) is 11.1 Å². The van der Waals surface area contributed by atoms with E-state index in [9.17, 15) is 22.4 Å². The van der Waals surface area contributed by atoms with Crippen molar-refractivity contribution in [2.45, 2.75) is 6.67 Å². The van der Waals surface area contributed by atoms with Crippen molar-refractivity contribution in [3.63, 3.8) is 0 Å². The minimum Gasteiger partial charge on any atom is -0.311 e. The first-order valence-electron chi connectivity index (χ1n) is 7.54. The van der Waals surface area contributed by atoms with Crippen LogP contribution in [0.2, 0.25) is 0 Å². The number of carbonyl (C=O) groups is 1. The van der Waals surface area contributed by atoms with E-state index < -0.39 is 30.0 Å². The van der Waals surface area contributed by atoms with Crippen LogP contribution in [-0.4, -0.2) is 23.2 Å². The van der Waals surface area contributed by atoms with Crippen LogP contribution in [0.4, 0.5) is 23.2 Å². The van der Waals surface area contributed by atoms with Crippen LogP contribution in [-0.2, 0) is 6.67 Å². The smallest absolute Gasteiger partial charge is 0.261 e. The molecule has 2 aromatic carbocycles. The quantitative estimate of drug-likeness (QED) is 0.557. The number of hydrogen-bond acceptors (Lipinski definition) is 2. The van der Waals surface area contributed by atoms with Crippen LogP contribution in [0.15, 0.2) is 42.6 Å². The SMILES string of the molecule is CN(C(=O)c1cn[nH]c1CF)c1ccccc1-c1cc(F)c(F)c(F)c1.